The number of fused-ring (bicyclic) bond motifs is 5. The first-order valence-electron chi connectivity index (χ1n) is 12.3. The number of hydrogen-bond donors (Lipinski definition) is 1. The van der Waals surface area contributed by atoms with Gasteiger partial charge in [-0.3, -0.25) is 0 Å². The Balaban J connectivity index is 1.44. The number of thiophene rings is 1. The van der Waals surface area contributed by atoms with E-state index in [9.17, 15) is 4.79 Å². The monoisotopic (exact) mass is 487 g/mol. The number of ether oxygens (including phenoxy) is 1. The molecule has 4 heterocycles. The minimum Gasteiger partial charge on any atom is -0.494 e. The SMILES string of the molecule is CCOc1ccc([C@@H]2c3cccn3-c3sc4c(c3CN2C(=O)NCc2ccco2)CCCC4)cc1. The molecule has 2 aliphatic rings. The van der Waals surface area contributed by atoms with Crippen molar-refractivity contribution in [2.75, 3.05) is 6.61 Å². The third-order valence-corrected chi connectivity index (χ3v) is 8.27. The Hall–Kier alpha value is -3.45. The number of hydrogen-bond acceptors (Lipinski definition) is 4. The van der Waals surface area contributed by atoms with Crippen molar-refractivity contribution in [2.45, 2.75) is 51.7 Å². The Morgan fingerprint density at radius 2 is 1.97 bits per heavy atom. The van der Waals surface area contributed by atoms with Crippen LogP contribution in [0.1, 0.15) is 58.8 Å². The molecule has 6 rings (SSSR count). The summed E-state index contributed by atoms with van der Waals surface area (Å²) in [5, 5.41) is 4.36. The molecule has 0 radical (unpaired) electrons. The van der Waals surface area contributed by atoms with E-state index >= 15 is 0 Å². The summed E-state index contributed by atoms with van der Waals surface area (Å²) in [6.45, 7) is 3.53. The first-order valence-corrected chi connectivity index (χ1v) is 13.1. The second kappa shape index (κ2) is 9.30. The van der Waals surface area contributed by atoms with Crippen molar-refractivity contribution in [3.8, 4) is 10.8 Å². The number of carbonyl (C=O) groups is 1. The van der Waals surface area contributed by atoms with Crippen LogP contribution >= 0.6 is 11.3 Å². The second-order valence-electron chi connectivity index (χ2n) is 9.07. The molecule has 180 valence electrons. The lowest BCUT2D eigenvalue weighted by atomic mass is 9.95. The summed E-state index contributed by atoms with van der Waals surface area (Å²) >= 11 is 1.90. The van der Waals surface area contributed by atoms with Gasteiger partial charge in [0.15, 0.2) is 0 Å². The van der Waals surface area contributed by atoms with Crippen LogP contribution < -0.4 is 10.1 Å². The Labute approximate surface area is 209 Å². The van der Waals surface area contributed by atoms with Crippen molar-refractivity contribution in [1.29, 1.82) is 0 Å². The fourth-order valence-electron chi connectivity index (χ4n) is 5.33. The van der Waals surface area contributed by atoms with Crippen LogP contribution in [-0.4, -0.2) is 22.1 Å². The largest absolute Gasteiger partial charge is 0.494 e. The van der Waals surface area contributed by atoms with Crippen LogP contribution in [0.2, 0.25) is 0 Å². The number of aromatic nitrogens is 1. The number of nitrogens with zero attached hydrogens (tertiary/aromatic N) is 2. The van der Waals surface area contributed by atoms with Gasteiger partial charge in [0.05, 0.1) is 37.7 Å². The smallest absolute Gasteiger partial charge is 0.318 e. The van der Waals surface area contributed by atoms with E-state index in [0.717, 1.165) is 35.6 Å². The number of aryl methyl sites for hydroxylation is 1. The zero-order chi connectivity index (χ0) is 23.8. The lowest BCUT2D eigenvalue weighted by Crippen LogP contribution is -2.41. The highest BCUT2D eigenvalue weighted by Crippen LogP contribution is 2.44. The summed E-state index contributed by atoms with van der Waals surface area (Å²) < 4.78 is 13.4. The Bertz CT molecular complexity index is 1320. The Kier molecular flexibility index (Phi) is 5.86. The van der Waals surface area contributed by atoms with Gasteiger partial charge in [-0.15, -0.1) is 11.3 Å². The van der Waals surface area contributed by atoms with Crippen molar-refractivity contribution in [1.82, 2.24) is 14.8 Å². The van der Waals surface area contributed by atoms with Gasteiger partial charge in [0.2, 0.25) is 0 Å². The maximum Gasteiger partial charge on any atom is 0.318 e. The van der Waals surface area contributed by atoms with Crippen LogP contribution in [0, 0.1) is 0 Å². The minimum absolute atomic E-state index is 0.100. The summed E-state index contributed by atoms with van der Waals surface area (Å²) in [4.78, 5) is 17.2. The molecule has 0 spiro atoms. The Morgan fingerprint density at radius 1 is 1.11 bits per heavy atom. The van der Waals surface area contributed by atoms with E-state index < -0.39 is 0 Å². The van der Waals surface area contributed by atoms with Gasteiger partial charge in [0.25, 0.3) is 0 Å². The number of carbonyl (C=O) groups excluding carboxylic acids is 1. The second-order valence-corrected chi connectivity index (χ2v) is 10.2. The third-order valence-electron chi connectivity index (χ3n) is 6.94. The molecule has 0 saturated carbocycles. The fraction of sp³-hybridized carbons (Fsp3) is 0.321. The first kappa shape index (κ1) is 22.0. The topological polar surface area (TPSA) is 59.6 Å². The molecular weight excluding hydrogens is 458 g/mol. The zero-order valence-electron chi connectivity index (χ0n) is 19.8. The van der Waals surface area contributed by atoms with Gasteiger partial charge in [0, 0.05) is 16.6 Å². The molecule has 0 fully saturated rings. The number of urea groups is 1. The summed E-state index contributed by atoms with van der Waals surface area (Å²) in [5.74, 6) is 1.57. The average Bonchev–Trinajstić information content (AvgIpc) is 3.63. The minimum atomic E-state index is -0.226. The van der Waals surface area contributed by atoms with E-state index in [1.54, 1.807) is 6.26 Å². The molecule has 6 nitrogen and oxygen atoms in total. The van der Waals surface area contributed by atoms with Crippen molar-refractivity contribution in [3.05, 3.63) is 94.0 Å². The number of benzene rings is 1. The average molecular weight is 488 g/mol. The molecular formula is C28H29N3O3S. The van der Waals surface area contributed by atoms with Gasteiger partial charge in [0.1, 0.15) is 16.5 Å². The first-order chi connectivity index (χ1) is 17.2. The summed E-state index contributed by atoms with van der Waals surface area (Å²) in [7, 11) is 0. The van der Waals surface area contributed by atoms with Gasteiger partial charge in [-0.2, -0.15) is 0 Å². The van der Waals surface area contributed by atoms with E-state index in [2.05, 4.69) is 40.3 Å². The standard InChI is InChI=1S/C28H29N3O3S/c1-2-33-20-13-11-19(12-14-20)26-24-9-5-15-30(24)27-23(22-8-3-4-10-25(22)35-27)18-31(26)28(32)29-17-21-7-6-16-34-21/h5-7,9,11-16,26H,2-4,8,10,17-18H2,1H3,(H,29,32)/t26-/m1/s1. The molecule has 0 unspecified atom stereocenters. The van der Waals surface area contributed by atoms with E-state index in [1.165, 1.54) is 33.8 Å². The predicted octanol–water partition coefficient (Wildman–Crippen LogP) is 6.22. The van der Waals surface area contributed by atoms with Gasteiger partial charge in [-0.05, 0) is 80.1 Å². The van der Waals surface area contributed by atoms with Crippen molar-refractivity contribution in [2.24, 2.45) is 0 Å². The van der Waals surface area contributed by atoms with Crippen molar-refractivity contribution >= 4 is 17.4 Å². The van der Waals surface area contributed by atoms with Crippen molar-refractivity contribution < 1.29 is 13.9 Å². The zero-order valence-corrected chi connectivity index (χ0v) is 20.6. The molecule has 1 aliphatic carbocycles. The molecule has 1 aliphatic heterocycles. The van der Waals surface area contributed by atoms with E-state index in [-0.39, 0.29) is 12.1 Å². The highest BCUT2D eigenvalue weighted by Gasteiger charge is 2.36. The molecule has 1 atom stereocenters. The van der Waals surface area contributed by atoms with Crippen LogP contribution in [0.5, 0.6) is 5.75 Å². The summed E-state index contributed by atoms with van der Waals surface area (Å²) in [5.41, 5.74) is 4.90. The number of amides is 2. The lowest BCUT2D eigenvalue weighted by molar-refractivity contribution is 0.179. The normalized spacial score (nSPS) is 16.7. The molecule has 4 aromatic rings. The van der Waals surface area contributed by atoms with Gasteiger partial charge >= 0.3 is 6.03 Å². The molecule has 35 heavy (non-hydrogen) atoms. The summed E-state index contributed by atoms with van der Waals surface area (Å²) in [6.07, 6.45) is 8.45. The molecule has 1 N–H and O–H groups in total. The fourth-order valence-corrected chi connectivity index (χ4v) is 6.73. The molecule has 0 saturated heterocycles. The van der Waals surface area contributed by atoms with Crippen LogP contribution in [-0.2, 0) is 25.9 Å². The molecule has 1 aromatic carbocycles. The predicted molar refractivity (Wildman–Crippen MR) is 136 cm³/mol. The van der Waals surface area contributed by atoms with E-state index in [0.29, 0.717) is 19.7 Å². The van der Waals surface area contributed by atoms with E-state index in [1.807, 2.05) is 47.4 Å². The van der Waals surface area contributed by atoms with Gasteiger partial charge in [-0.1, -0.05) is 12.1 Å². The highest BCUT2D eigenvalue weighted by atomic mass is 32.1. The maximum absolute atomic E-state index is 13.8. The quantitative estimate of drug-likeness (QED) is 0.363. The van der Waals surface area contributed by atoms with E-state index in [4.69, 9.17) is 9.15 Å². The van der Waals surface area contributed by atoms with Gasteiger partial charge in [-0.25, -0.2) is 4.79 Å². The van der Waals surface area contributed by atoms with Crippen LogP contribution in [0.15, 0.2) is 65.4 Å². The summed E-state index contributed by atoms with van der Waals surface area (Å²) in [6, 6.07) is 15.8. The van der Waals surface area contributed by atoms with Crippen LogP contribution in [0.3, 0.4) is 0 Å². The molecule has 3 aromatic heterocycles. The number of nitrogens with one attached hydrogen (secondary N) is 1. The number of rotatable bonds is 5. The molecule has 2 amide bonds. The van der Waals surface area contributed by atoms with Crippen molar-refractivity contribution in [3.63, 3.8) is 0 Å². The van der Waals surface area contributed by atoms with Crippen LogP contribution in [0.25, 0.3) is 5.00 Å². The Morgan fingerprint density at radius 3 is 2.77 bits per heavy atom. The lowest BCUT2D eigenvalue weighted by Gasteiger charge is -2.31. The van der Waals surface area contributed by atoms with Crippen LogP contribution in [0.4, 0.5) is 4.79 Å². The third kappa shape index (κ3) is 4.04. The molecule has 0 bridgehead atoms. The highest BCUT2D eigenvalue weighted by molar-refractivity contribution is 7.15. The number of furan rings is 1. The maximum atomic E-state index is 13.8. The molecule has 7 heteroatoms. The van der Waals surface area contributed by atoms with Gasteiger partial charge < -0.3 is 23.9 Å².